The van der Waals surface area contributed by atoms with Gasteiger partial charge in [-0.1, -0.05) is 67.4 Å². The minimum Gasteiger partial charge on any atom is -0.358 e. The summed E-state index contributed by atoms with van der Waals surface area (Å²) in [4.78, 5) is 29.2. The predicted octanol–water partition coefficient (Wildman–Crippen LogP) is 6.01. The predicted molar refractivity (Wildman–Crippen MR) is 137 cm³/mol. The molecular weight excluding hydrogens is 484 g/mol. The van der Waals surface area contributed by atoms with Gasteiger partial charge < -0.3 is 4.98 Å². The average molecular weight is 509 g/mol. The smallest absolute Gasteiger partial charge is 0.268 e. The maximum atomic E-state index is 13.7. The lowest BCUT2D eigenvalue weighted by molar-refractivity contribution is 0.0854. The van der Waals surface area contributed by atoms with Crippen LogP contribution in [-0.4, -0.2) is 29.4 Å². The SMILES string of the molecule is CCCc1[nH]c2cc(C(=O)N(Cc3ccccc3Cl)S(=O)(=O)c3ccccc3)ccc2c1C(C)=O. The third-order valence-electron chi connectivity index (χ3n) is 5.80. The Morgan fingerprint density at radius 2 is 1.66 bits per heavy atom. The molecule has 1 aromatic heterocycles. The zero-order valence-electron chi connectivity index (χ0n) is 19.4. The summed E-state index contributed by atoms with van der Waals surface area (Å²) in [6.07, 6.45) is 1.54. The summed E-state index contributed by atoms with van der Waals surface area (Å²) < 4.78 is 28.0. The van der Waals surface area contributed by atoms with Crippen LogP contribution in [-0.2, 0) is 23.0 Å². The molecule has 4 rings (SSSR count). The molecule has 0 aliphatic heterocycles. The number of nitrogens with one attached hydrogen (secondary N) is 1. The number of ketones is 1. The van der Waals surface area contributed by atoms with Crippen LogP contribution in [0.15, 0.2) is 77.7 Å². The van der Waals surface area contributed by atoms with E-state index < -0.39 is 15.9 Å². The highest BCUT2D eigenvalue weighted by Crippen LogP contribution is 2.28. The number of carbonyl (C=O) groups is 2. The van der Waals surface area contributed by atoms with Gasteiger partial charge in [-0.2, -0.15) is 0 Å². The van der Waals surface area contributed by atoms with Gasteiger partial charge >= 0.3 is 0 Å². The number of amides is 1. The number of nitrogens with zero attached hydrogens (tertiary/aromatic N) is 1. The summed E-state index contributed by atoms with van der Waals surface area (Å²) in [5.74, 6) is -0.752. The summed E-state index contributed by atoms with van der Waals surface area (Å²) in [6.45, 7) is 3.31. The first-order valence-corrected chi connectivity index (χ1v) is 13.1. The number of aryl methyl sites for hydroxylation is 1. The lowest BCUT2D eigenvalue weighted by Crippen LogP contribution is -2.36. The van der Waals surface area contributed by atoms with Gasteiger partial charge in [-0.05, 0) is 49.2 Å². The summed E-state index contributed by atoms with van der Waals surface area (Å²) in [6, 6.07) is 19.5. The van der Waals surface area contributed by atoms with Crippen LogP contribution in [0.1, 0.15) is 52.2 Å². The summed E-state index contributed by atoms with van der Waals surface area (Å²) in [7, 11) is -4.18. The summed E-state index contributed by atoms with van der Waals surface area (Å²) in [5, 5.41) is 1.07. The Balaban J connectivity index is 1.82. The van der Waals surface area contributed by atoms with Crippen molar-refractivity contribution in [2.45, 2.75) is 38.1 Å². The zero-order chi connectivity index (χ0) is 25.2. The zero-order valence-corrected chi connectivity index (χ0v) is 21.0. The van der Waals surface area contributed by atoms with Crippen LogP contribution in [0.25, 0.3) is 10.9 Å². The molecule has 180 valence electrons. The molecule has 0 saturated heterocycles. The van der Waals surface area contributed by atoms with Gasteiger partial charge in [0.25, 0.3) is 15.9 Å². The number of hydrogen-bond donors (Lipinski definition) is 1. The largest absolute Gasteiger partial charge is 0.358 e. The minimum atomic E-state index is -4.18. The lowest BCUT2D eigenvalue weighted by atomic mass is 10.0. The van der Waals surface area contributed by atoms with Crippen LogP contribution in [0.5, 0.6) is 0 Å². The van der Waals surface area contributed by atoms with Crippen molar-refractivity contribution in [3.63, 3.8) is 0 Å². The van der Waals surface area contributed by atoms with E-state index in [0.717, 1.165) is 16.4 Å². The lowest BCUT2D eigenvalue weighted by Gasteiger charge is -2.23. The number of rotatable bonds is 8. The van der Waals surface area contributed by atoms with Gasteiger partial charge in [0.15, 0.2) is 5.78 Å². The highest BCUT2D eigenvalue weighted by Gasteiger charge is 2.31. The summed E-state index contributed by atoms with van der Waals surface area (Å²) >= 11 is 6.30. The number of sulfonamides is 1. The van der Waals surface area contributed by atoms with Crippen LogP contribution >= 0.6 is 11.6 Å². The van der Waals surface area contributed by atoms with E-state index in [9.17, 15) is 18.0 Å². The number of fused-ring (bicyclic) bond motifs is 1. The number of halogens is 1. The molecule has 0 unspecified atom stereocenters. The fourth-order valence-electron chi connectivity index (χ4n) is 4.14. The fourth-order valence-corrected chi connectivity index (χ4v) is 5.72. The van der Waals surface area contributed by atoms with Crippen molar-refractivity contribution >= 4 is 44.2 Å². The monoisotopic (exact) mass is 508 g/mol. The molecule has 0 bridgehead atoms. The van der Waals surface area contributed by atoms with Crippen molar-refractivity contribution in [3.05, 3.63) is 100 Å². The number of benzene rings is 3. The first-order chi connectivity index (χ1) is 16.7. The molecule has 0 saturated carbocycles. The number of carbonyl (C=O) groups excluding carboxylic acids is 2. The molecular formula is C27H25ClN2O4S. The maximum Gasteiger partial charge on any atom is 0.268 e. The van der Waals surface area contributed by atoms with E-state index in [4.69, 9.17) is 11.6 Å². The second kappa shape index (κ2) is 10.1. The van der Waals surface area contributed by atoms with Crippen molar-refractivity contribution in [1.82, 2.24) is 9.29 Å². The van der Waals surface area contributed by atoms with E-state index in [1.165, 1.54) is 19.1 Å². The third kappa shape index (κ3) is 4.88. The molecule has 0 atom stereocenters. The number of hydrogen-bond acceptors (Lipinski definition) is 4. The molecule has 6 nitrogen and oxygen atoms in total. The number of aromatic nitrogens is 1. The second-order valence-electron chi connectivity index (χ2n) is 8.27. The molecule has 1 amide bonds. The molecule has 1 heterocycles. The Morgan fingerprint density at radius 3 is 2.31 bits per heavy atom. The number of aromatic amines is 1. The van der Waals surface area contributed by atoms with Gasteiger partial charge in [-0.15, -0.1) is 0 Å². The van der Waals surface area contributed by atoms with Crippen LogP contribution in [0.4, 0.5) is 0 Å². The van der Waals surface area contributed by atoms with E-state index >= 15 is 0 Å². The average Bonchev–Trinajstić information content (AvgIpc) is 3.21. The molecule has 0 radical (unpaired) electrons. The Kier molecular flexibility index (Phi) is 7.10. The van der Waals surface area contributed by atoms with Gasteiger partial charge in [-0.25, -0.2) is 12.7 Å². The van der Waals surface area contributed by atoms with Gasteiger partial charge in [0, 0.05) is 32.7 Å². The highest BCUT2D eigenvalue weighted by atomic mass is 35.5. The van der Waals surface area contributed by atoms with Crippen molar-refractivity contribution in [2.75, 3.05) is 0 Å². The maximum absolute atomic E-state index is 13.7. The molecule has 0 aliphatic rings. The third-order valence-corrected chi connectivity index (χ3v) is 7.92. The molecule has 4 aromatic rings. The van der Waals surface area contributed by atoms with Crippen LogP contribution in [0.2, 0.25) is 5.02 Å². The summed E-state index contributed by atoms with van der Waals surface area (Å²) in [5.41, 5.74) is 2.71. The normalized spacial score (nSPS) is 11.5. The molecule has 3 aromatic carbocycles. The molecule has 35 heavy (non-hydrogen) atoms. The Hall–Kier alpha value is -3.42. The molecule has 0 spiro atoms. The number of H-pyrrole nitrogens is 1. The van der Waals surface area contributed by atoms with Crippen molar-refractivity contribution in [1.29, 1.82) is 0 Å². The fraction of sp³-hybridized carbons (Fsp3) is 0.185. The first kappa shape index (κ1) is 24.7. The standard InChI is InChI=1S/C27H25ClN2O4S/c1-3-9-24-26(18(2)31)22-15-14-19(16-25(22)29-24)27(32)30(17-20-10-7-8-13-23(20)28)35(33,34)21-11-5-4-6-12-21/h4-8,10-16,29H,3,9,17H2,1-2H3. The van der Waals surface area contributed by atoms with Crippen LogP contribution in [0, 0.1) is 0 Å². The van der Waals surface area contributed by atoms with Crippen LogP contribution in [0.3, 0.4) is 0 Å². The molecule has 8 heteroatoms. The second-order valence-corrected chi connectivity index (χ2v) is 10.5. The van der Waals surface area contributed by atoms with Crippen LogP contribution < -0.4 is 0 Å². The Labute approximate surface area is 209 Å². The van der Waals surface area contributed by atoms with Gasteiger partial charge in [-0.3, -0.25) is 9.59 Å². The van der Waals surface area contributed by atoms with E-state index in [1.54, 1.807) is 60.7 Å². The number of Topliss-reactive ketones (excluding diaryl/α,β-unsaturated/α-hetero) is 1. The van der Waals surface area contributed by atoms with E-state index in [-0.39, 0.29) is 22.8 Å². The molecule has 0 fully saturated rings. The Bertz CT molecular complexity index is 1510. The first-order valence-electron chi connectivity index (χ1n) is 11.2. The van der Waals surface area contributed by atoms with E-state index in [0.29, 0.717) is 33.5 Å². The van der Waals surface area contributed by atoms with Gasteiger partial charge in [0.1, 0.15) is 0 Å². The van der Waals surface area contributed by atoms with Gasteiger partial charge in [0.2, 0.25) is 0 Å². The topological polar surface area (TPSA) is 87.3 Å². The molecule has 0 aliphatic carbocycles. The molecule has 1 N–H and O–H groups in total. The minimum absolute atomic E-state index is 0.00505. The van der Waals surface area contributed by atoms with E-state index in [1.807, 2.05) is 6.92 Å². The quantitative estimate of drug-likeness (QED) is 0.295. The Morgan fingerprint density at radius 1 is 0.971 bits per heavy atom. The van der Waals surface area contributed by atoms with Crippen molar-refractivity contribution in [2.24, 2.45) is 0 Å². The van der Waals surface area contributed by atoms with E-state index in [2.05, 4.69) is 4.98 Å². The van der Waals surface area contributed by atoms with Crippen molar-refractivity contribution in [3.8, 4) is 0 Å². The van der Waals surface area contributed by atoms with Gasteiger partial charge in [0.05, 0.1) is 11.4 Å². The van der Waals surface area contributed by atoms with Crippen molar-refractivity contribution < 1.29 is 18.0 Å². The highest BCUT2D eigenvalue weighted by molar-refractivity contribution is 7.89.